The maximum atomic E-state index is 15.4. The number of piperidine rings is 2. The van der Waals surface area contributed by atoms with Gasteiger partial charge in [-0.25, -0.2) is 0 Å². The number of Topliss-reactive ketones (excluding diaryl/α,β-unsaturated/α-hetero) is 1. The quantitative estimate of drug-likeness (QED) is 0.0353. The van der Waals surface area contributed by atoms with Crippen LogP contribution in [0.2, 0.25) is 0 Å². The second-order valence-corrected chi connectivity index (χ2v) is 25.0. The van der Waals surface area contributed by atoms with Crippen LogP contribution >= 0.6 is 0 Å². The number of ether oxygens (including phenoxy) is 7. The minimum Gasteiger partial charge on any atom is -0.507 e. The van der Waals surface area contributed by atoms with E-state index in [9.17, 15) is 9.90 Å². The zero-order chi connectivity index (χ0) is 56.6. The average molecular weight is 1080 g/mol. The van der Waals surface area contributed by atoms with Gasteiger partial charge in [0.1, 0.15) is 23.0 Å². The molecule has 3 aliphatic rings. The van der Waals surface area contributed by atoms with Crippen molar-refractivity contribution in [1.82, 2.24) is 9.80 Å². The SMILES string of the molecule is COc1c2c3c4c(c(NCC5CCN(CCC(C)(C)OCCC(C)(C)OC)CC5)c(=O)c5c(O)cc(OC)c(c6c(OC)cc(NCC7CCN(CCC(C)(C)OCCC(C)(C)OC)CC7)c(c1=O)c63)c54)C=C(C)C2C(C)=O. The molecule has 0 amide bonds. The van der Waals surface area contributed by atoms with Crippen molar-refractivity contribution in [2.45, 2.75) is 149 Å². The fourth-order valence-electron chi connectivity index (χ4n) is 12.3. The molecule has 15 heteroatoms. The Kier molecular flexibility index (Phi) is 17.9. The number of hydrogen-bond donors (Lipinski definition) is 3. The summed E-state index contributed by atoms with van der Waals surface area (Å²) in [6.07, 6.45) is 9.22. The van der Waals surface area contributed by atoms with Crippen molar-refractivity contribution in [1.29, 1.82) is 0 Å². The Labute approximate surface area is 462 Å². The highest BCUT2D eigenvalue weighted by atomic mass is 16.5. The lowest BCUT2D eigenvalue weighted by atomic mass is 9.80. The predicted molar refractivity (Wildman–Crippen MR) is 316 cm³/mol. The van der Waals surface area contributed by atoms with Crippen molar-refractivity contribution < 1.29 is 43.1 Å². The molecule has 8 rings (SSSR count). The summed E-state index contributed by atoms with van der Waals surface area (Å²) in [5, 5.41) is 23.3. The number of methoxy groups -OCH3 is 5. The van der Waals surface area contributed by atoms with Crippen molar-refractivity contribution >= 4 is 66.3 Å². The maximum Gasteiger partial charge on any atom is 0.230 e. The molecule has 2 fully saturated rings. The van der Waals surface area contributed by atoms with Crippen LogP contribution in [0.3, 0.4) is 0 Å². The molecular weight excluding hydrogens is 989 g/mol. The molecule has 5 aromatic carbocycles. The number of ketones is 1. The molecule has 0 saturated carbocycles. The first-order chi connectivity index (χ1) is 36.9. The average Bonchev–Trinajstić information content (AvgIpc) is 3.52. The topological polar surface area (TPSA) is 167 Å². The van der Waals surface area contributed by atoms with Gasteiger partial charge >= 0.3 is 0 Å². The number of phenolic OH excluding ortho intramolecular Hbond substituents is 1. The molecule has 3 N–H and O–H groups in total. The van der Waals surface area contributed by atoms with E-state index in [0.717, 1.165) is 90.6 Å². The van der Waals surface area contributed by atoms with Gasteiger partial charge in [0.05, 0.1) is 79.3 Å². The van der Waals surface area contributed by atoms with Crippen molar-refractivity contribution in [3.05, 3.63) is 49.3 Å². The smallest absolute Gasteiger partial charge is 0.230 e. The summed E-state index contributed by atoms with van der Waals surface area (Å²) < 4.78 is 42.4. The second kappa shape index (κ2) is 23.6. The van der Waals surface area contributed by atoms with Crippen LogP contribution in [0.25, 0.3) is 49.2 Å². The first-order valence-corrected chi connectivity index (χ1v) is 28.4. The van der Waals surface area contributed by atoms with E-state index in [1.807, 2.05) is 19.1 Å². The highest BCUT2D eigenvalue weighted by Gasteiger charge is 2.38. The first kappa shape index (κ1) is 59.1. The number of anilines is 2. The number of nitrogens with one attached hydrogen (secondary N) is 2. The lowest BCUT2D eigenvalue weighted by Crippen LogP contribution is -2.39. The highest BCUT2D eigenvalue weighted by Crippen LogP contribution is 2.56. The molecule has 2 saturated heterocycles. The van der Waals surface area contributed by atoms with Crippen molar-refractivity contribution in [3.8, 4) is 23.0 Å². The van der Waals surface area contributed by atoms with Gasteiger partial charge in [-0.3, -0.25) is 14.4 Å². The molecule has 0 spiro atoms. The number of aromatic hydroxyl groups is 1. The first-order valence-electron chi connectivity index (χ1n) is 28.4. The van der Waals surface area contributed by atoms with Gasteiger partial charge in [-0.15, -0.1) is 0 Å². The van der Waals surface area contributed by atoms with E-state index in [0.29, 0.717) is 109 Å². The maximum absolute atomic E-state index is 15.4. The zero-order valence-electron chi connectivity index (χ0n) is 49.6. The third kappa shape index (κ3) is 12.2. The van der Waals surface area contributed by atoms with Crippen LogP contribution in [0.5, 0.6) is 23.0 Å². The molecule has 2 aliphatic heterocycles. The number of benzene rings is 5. The predicted octanol–water partition coefficient (Wildman–Crippen LogP) is 11.0. The summed E-state index contributed by atoms with van der Waals surface area (Å²) in [7, 11) is 8.08. The Balaban J connectivity index is 1.13. The van der Waals surface area contributed by atoms with Crippen LogP contribution in [-0.2, 0) is 23.7 Å². The standard InChI is InChI=1S/C63H90N4O11/c1-37-32-41-47-52-49(57(70)56(41)65-36-40-18-26-67(27-19-40)29-21-63(9,10)78-31-23-61(5,6)76-15)43(69)34-45(73-12)51(52)50-44(72-11)33-42(48-54(50)53(47)55(46(37)38(2)68)59(74-13)58(48)71)64-35-39-16-24-66(25-17-39)28-20-62(7,8)77-30-22-60(3,4)75-14/h32-34,39-40,46,64-65,69H,16-31,35-36H2,1-15H3. The number of likely N-dealkylation sites (tertiary alicyclic amines) is 2. The number of rotatable bonds is 26. The largest absolute Gasteiger partial charge is 0.507 e. The lowest BCUT2D eigenvalue weighted by Gasteiger charge is -2.35. The molecule has 15 nitrogen and oxygen atoms in total. The number of carbonyl (C=O) groups is 1. The van der Waals surface area contributed by atoms with Crippen molar-refractivity contribution in [3.63, 3.8) is 0 Å². The molecule has 5 aromatic rings. The molecule has 428 valence electrons. The Morgan fingerprint density at radius 3 is 1.56 bits per heavy atom. The van der Waals surface area contributed by atoms with E-state index in [1.165, 1.54) is 27.2 Å². The molecular formula is C63H90N4O11. The van der Waals surface area contributed by atoms with E-state index >= 15 is 9.59 Å². The van der Waals surface area contributed by atoms with Gasteiger partial charge in [-0.1, -0.05) is 11.6 Å². The molecule has 1 atom stereocenters. The van der Waals surface area contributed by atoms with Crippen LogP contribution in [0.1, 0.15) is 138 Å². The zero-order valence-corrected chi connectivity index (χ0v) is 49.6. The van der Waals surface area contributed by atoms with Crippen LogP contribution in [0, 0.1) is 11.8 Å². The summed E-state index contributed by atoms with van der Waals surface area (Å²) in [5.74, 6) is 0.163. The molecule has 78 heavy (non-hydrogen) atoms. The van der Waals surface area contributed by atoms with E-state index < -0.39 is 5.92 Å². The fraction of sp³-hybridized carbons (Fsp3) is 0.635. The third-order valence-electron chi connectivity index (χ3n) is 17.8. The molecule has 0 aromatic heterocycles. The van der Waals surface area contributed by atoms with Crippen molar-refractivity contribution in [2.75, 3.05) is 112 Å². The van der Waals surface area contributed by atoms with E-state index in [-0.39, 0.29) is 61.8 Å². The van der Waals surface area contributed by atoms with Gasteiger partial charge in [0, 0.05) is 96.3 Å². The lowest BCUT2D eigenvalue weighted by molar-refractivity contribution is -0.117. The molecule has 1 aliphatic carbocycles. The summed E-state index contributed by atoms with van der Waals surface area (Å²) in [6.45, 7) is 28.4. The number of phenols is 1. The van der Waals surface area contributed by atoms with Crippen LogP contribution in [0.4, 0.5) is 11.4 Å². The van der Waals surface area contributed by atoms with E-state index in [2.05, 4.69) is 75.8 Å². The number of allylic oxidation sites excluding steroid dienone is 1. The van der Waals surface area contributed by atoms with Gasteiger partial charge < -0.3 is 58.7 Å². The molecule has 1 unspecified atom stereocenters. The number of carbonyl (C=O) groups excluding carboxylic acids is 1. The third-order valence-corrected chi connectivity index (χ3v) is 17.8. The number of hydrogen-bond acceptors (Lipinski definition) is 15. The molecule has 2 heterocycles. The van der Waals surface area contributed by atoms with E-state index in [1.54, 1.807) is 21.3 Å². The Morgan fingerprint density at radius 2 is 1.09 bits per heavy atom. The van der Waals surface area contributed by atoms with Gasteiger partial charge in [-0.2, -0.15) is 0 Å². The summed E-state index contributed by atoms with van der Waals surface area (Å²) in [4.78, 5) is 50.0. The van der Waals surface area contributed by atoms with E-state index in [4.69, 9.17) is 33.2 Å². The minimum absolute atomic E-state index is 0.0706. The summed E-state index contributed by atoms with van der Waals surface area (Å²) >= 11 is 0. The van der Waals surface area contributed by atoms with Crippen LogP contribution in [-0.4, -0.2) is 144 Å². The minimum atomic E-state index is -0.879. The number of fused-ring (bicyclic) bond motifs is 1. The summed E-state index contributed by atoms with van der Waals surface area (Å²) in [5.41, 5.74) is 0.942. The van der Waals surface area contributed by atoms with Crippen LogP contribution in [0.15, 0.2) is 27.3 Å². The van der Waals surface area contributed by atoms with Gasteiger partial charge in [-0.05, 0) is 164 Å². The monoisotopic (exact) mass is 1080 g/mol. The van der Waals surface area contributed by atoms with Gasteiger partial charge in [0.15, 0.2) is 5.75 Å². The van der Waals surface area contributed by atoms with Gasteiger partial charge in [0.2, 0.25) is 10.9 Å². The molecule has 0 radical (unpaired) electrons. The van der Waals surface area contributed by atoms with Gasteiger partial charge in [0.25, 0.3) is 0 Å². The normalized spacial score (nSPS) is 17.7. The fourth-order valence-corrected chi connectivity index (χ4v) is 12.3. The van der Waals surface area contributed by atoms with Crippen LogP contribution < -0.4 is 35.7 Å². The Bertz CT molecular complexity index is 3110. The number of nitrogens with zero attached hydrogens (tertiary/aromatic N) is 2. The Morgan fingerprint density at radius 1 is 0.603 bits per heavy atom. The Hall–Kier alpha value is -5.03. The molecule has 0 bridgehead atoms. The summed E-state index contributed by atoms with van der Waals surface area (Å²) in [6, 6.07) is 3.35. The second-order valence-electron chi connectivity index (χ2n) is 25.0. The highest BCUT2D eigenvalue weighted by molar-refractivity contribution is 6.40. The van der Waals surface area contributed by atoms with Crippen molar-refractivity contribution in [2.24, 2.45) is 11.8 Å².